The number of hydrogen-bond donors (Lipinski definition) is 3. The van der Waals surface area contributed by atoms with E-state index in [0.717, 1.165) is 19.0 Å². The summed E-state index contributed by atoms with van der Waals surface area (Å²) < 4.78 is 25.0. The molecule has 0 spiro atoms. The number of anilines is 3. The molecule has 166 valence electrons. The van der Waals surface area contributed by atoms with E-state index in [2.05, 4.69) is 59.7 Å². The maximum Gasteiger partial charge on any atom is 0.229 e. The van der Waals surface area contributed by atoms with E-state index in [1.54, 1.807) is 12.1 Å². The molecule has 2 heterocycles. The van der Waals surface area contributed by atoms with Gasteiger partial charge in [0.1, 0.15) is 6.07 Å². The fourth-order valence-electron chi connectivity index (χ4n) is 4.34. The van der Waals surface area contributed by atoms with Crippen LogP contribution in [0.3, 0.4) is 0 Å². The van der Waals surface area contributed by atoms with Crippen molar-refractivity contribution in [2.24, 2.45) is 0 Å². The zero-order chi connectivity index (χ0) is 22.8. The molecule has 3 rings (SSSR count). The average molecular weight is 429 g/mol. The lowest BCUT2D eigenvalue weighted by Gasteiger charge is -2.46. The molecule has 0 unspecified atom stereocenters. The Morgan fingerprint density at radius 1 is 1.13 bits per heavy atom. The van der Waals surface area contributed by atoms with E-state index in [1.807, 2.05) is 0 Å². The molecule has 2 aromatic rings. The Bertz CT molecular complexity index is 986. The Hall–Kier alpha value is -3.12. The highest BCUT2D eigenvalue weighted by Gasteiger charge is 2.38. The maximum atomic E-state index is 14.5. The standard InChI is InChI=1S/C22H29FN6O2/c1-21(2)9-14(10-22(3,4)29-21)26-19-15(23)12-25-20(28-19)27-16-8-18(31-6)17(30-5)7-13(16)11-24/h7-8,12,14,29H,9-10H2,1-6H3,(H2,25,26,27,28). The summed E-state index contributed by atoms with van der Waals surface area (Å²) in [5, 5.41) is 19.3. The molecule has 0 aliphatic carbocycles. The molecule has 0 saturated carbocycles. The highest BCUT2D eigenvalue weighted by atomic mass is 19.1. The zero-order valence-electron chi connectivity index (χ0n) is 18.8. The van der Waals surface area contributed by atoms with Gasteiger partial charge in [0.2, 0.25) is 5.95 Å². The van der Waals surface area contributed by atoms with Crippen molar-refractivity contribution in [3.8, 4) is 17.6 Å². The lowest BCUT2D eigenvalue weighted by molar-refractivity contribution is 0.170. The van der Waals surface area contributed by atoms with Crippen LogP contribution in [0.1, 0.15) is 46.1 Å². The summed E-state index contributed by atoms with van der Waals surface area (Å²) in [4.78, 5) is 8.35. The zero-order valence-corrected chi connectivity index (χ0v) is 18.8. The summed E-state index contributed by atoms with van der Waals surface area (Å²) in [5.41, 5.74) is 0.570. The van der Waals surface area contributed by atoms with Gasteiger partial charge in [0.05, 0.1) is 31.7 Å². The summed E-state index contributed by atoms with van der Waals surface area (Å²) in [6, 6.07) is 5.32. The topological polar surface area (TPSA) is 104 Å². The van der Waals surface area contributed by atoms with Gasteiger partial charge in [-0.05, 0) is 40.5 Å². The summed E-state index contributed by atoms with van der Waals surface area (Å²) in [7, 11) is 3.00. The molecule has 1 aliphatic heterocycles. The van der Waals surface area contributed by atoms with Crippen molar-refractivity contribution in [3.05, 3.63) is 29.7 Å². The highest BCUT2D eigenvalue weighted by Crippen LogP contribution is 2.34. The summed E-state index contributed by atoms with van der Waals surface area (Å²) >= 11 is 0. The number of methoxy groups -OCH3 is 2. The number of piperidine rings is 1. The van der Waals surface area contributed by atoms with Crippen molar-refractivity contribution in [2.45, 2.75) is 57.7 Å². The van der Waals surface area contributed by atoms with Crippen molar-refractivity contribution in [1.82, 2.24) is 15.3 Å². The average Bonchev–Trinajstić information content (AvgIpc) is 2.67. The lowest BCUT2D eigenvalue weighted by atomic mass is 9.79. The molecule has 0 amide bonds. The van der Waals surface area contributed by atoms with E-state index in [9.17, 15) is 9.65 Å². The Labute approximate surface area is 182 Å². The molecule has 8 nitrogen and oxygen atoms in total. The first-order valence-electron chi connectivity index (χ1n) is 10.1. The Morgan fingerprint density at radius 2 is 1.74 bits per heavy atom. The Balaban J connectivity index is 1.86. The minimum atomic E-state index is -0.535. The van der Waals surface area contributed by atoms with Crippen molar-refractivity contribution in [2.75, 3.05) is 24.9 Å². The minimum absolute atomic E-state index is 0.0410. The van der Waals surface area contributed by atoms with Crippen LogP contribution in [-0.2, 0) is 0 Å². The number of nitrogens with one attached hydrogen (secondary N) is 3. The van der Waals surface area contributed by atoms with E-state index >= 15 is 0 Å². The second kappa shape index (κ2) is 8.55. The van der Waals surface area contributed by atoms with Crippen LogP contribution in [-0.4, -0.2) is 41.3 Å². The van der Waals surface area contributed by atoms with Crippen LogP contribution in [0.15, 0.2) is 18.3 Å². The van der Waals surface area contributed by atoms with Gasteiger partial charge in [-0.3, -0.25) is 0 Å². The van der Waals surface area contributed by atoms with E-state index in [0.29, 0.717) is 22.7 Å². The smallest absolute Gasteiger partial charge is 0.229 e. The fourth-order valence-corrected chi connectivity index (χ4v) is 4.34. The van der Waals surface area contributed by atoms with Gasteiger partial charge in [-0.15, -0.1) is 0 Å². The van der Waals surface area contributed by atoms with E-state index in [4.69, 9.17) is 9.47 Å². The summed E-state index contributed by atoms with van der Waals surface area (Å²) in [6.45, 7) is 8.53. The van der Waals surface area contributed by atoms with Crippen molar-refractivity contribution >= 4 is 17.5 Å². The van der Waals surface area contributed by atoms with Gasteiger partial charge >= 0.3 is 0 Å². The molecule has 0 atom stereocenters. The largest absolute Gasteiger partial charge is 0.493 e. The number of benzene rings is 1. The predicted octanol–water partition coefficient (Wildman–Crippen LogP) is 3.97. The Morgan fingerprint density at radius 3 is 2.32 bits per heavy atom. The molecular formula is C22H29FN6O2. The number of aromatic nitrogens is 2. The van der Waals surface area contributed by atoms with Gasteiger partial charge in [0.15, 0.2) is 23.1 Å². The monoisotopic (exact) mass is 428 g/mol. The molecule has 31 heavy (non-hydrogen) atoms. The molecule has 1 aliphatic rings. The van der Waals surface area contributed by atoms with Crippen LogP contribution in [0, 0.1) is 17.1 Å². The van der Waals surface area contributed by atoms with Crippen molar-refractivity contribution < 1.29 is 13.9 Å². The molecule has 1 fully saturated rings. The Kier molecular flexibility index (Phi) is 6.23. The van der Waals surface area contributed by atoms with Crippen molar-refractivity contribution in [3.63, 3.8) is 0 Å². The van der Waals surface area contributed by atoms with Gasteiger partial charge in [-0.2, -0.15) is 10.2 Å². The number of hydrogen-bond acceptors (Lipinski definition) is 8. The van der Waals surface area contributed by atoms with Crippen LogP contribution in [0.5, 0.6) is 11.5 Å². The van der Waals surface area contributed by atoms with E-state index in [-0.39, 0.29) is 28.9 Å². The van der Waals surface area contributed by atoms with Crippen molar-refractivity contribution in [1.29, 1.82) is 5.26 Å². The lowest BCUT2D eigenvalue weighted by Crippen LogP contribution is -2.60. The molecule has 1 aromatic heterocycles. The first kappa shape index (κ1) is 22.6. The first-order chi connectivity index (χ1) is 14.6. The molecule has 1 saturated heterocycles. The third kappa shape index (κ3) is 5.33. The quantitative estimate of drug-likeness (QED) is 0.635. The summed E-state index contributed by atoms with van der Waals surface area (Å²) in [6.07, 6.45) is 2.75. The molecular weight excluding hydrogens is 399 g/mol. The van der Waals surface area contributed by atoms with Crippen LogP contribution in [0.4, 0.5) is 21.8 Å². The minimum Gasteiger partial charge on any atom is -0.493 e. The maximum absolute atomic E-state index is 14.5. The molecule has 0 bridgehead atoms. The second-order valence-electron chi connectivity index (χ2n) is 9.02. The van der Waals surface area contributed by atoms with Crippen LogP contribution >= 0.6 is 0 Å². The number of halogens is 1. The first-order valence-corrected chi connectivity index (χ1v) is 10.1. The van der Waals surface area contributed by atoms with Gasteiger partial charge < -0.3 is 25.4 Å². The number of ether oxygens (including phenoxy) is 2. The highest BCUT2D eigenvalue weighted by molar-refractivity contribution is 5.68. The van der Waals surface area contributed by atoms with Gasteiger partial charge in [0, 0.05) is 29.3 Å². The SMILES string of the molecule is COc1cc(C#N)c(Nc2ncc(F)c(NC3CC(C)(C)NC(C)(C)C3)n2)cc1OC. The predicted molar refractivity (Wildman–Crippen MR) is 117 cm³/mol. The van der Waals surface area contributed by atoms with E-state index < -0.39 is 5.82 Å². The van der Waals surface area contributed by atoms with Crippen LogP contribution in [0.25, 0.3) is 0 Å². The number of rotatable bonds is 6. The third-order valence-electron chi connectivity index (χ3n) is 5.17. The number of nitrogens with zero attached hydrogens (tertiary/aromatic N) is 3. The second-order valence-corrected chi connectivity index (χ2v) is 9.02. The van der Waals surface area contributed by atoms with E-state index in [1.165, 1.54) is 14.2 Å². The van der Waals surface area contributed by atoms with Crippen LogP contribution < -0.4 is 25.4 Å². The molecule has 1 aromatic carbocycles. The van der Waals surface area contributed by atoms with Gasteiger partial charge in [-0.25, -0.2) is 9.37 Å². The number of nitriles is 1. The molecule has 0 radical (unpaired) electrons. The summed E-state index contributed by atoms with van der Waals surface area (Å²) in [5.74, 6) is 0.634. The normalized spacial score (nSPS) is 17.5. The molecule has 3 N–H and O–H groups in total. The van der Waals surface area contributed by atoms with Crippen LogP contribution in [0.2, 0.25) is 0 Å². The molecule has 9 heteroatoms. The fraction of sp³-hybridized carbons (Fsp3) is 0.500. The third-order valence-corrected chi connectivity index (χ3v) is 5.17. The van der Waals surface area contributed by atoms with Gasteiger partial charge in [0.25, 0.3) is 0 Å². The van der Waals surface area contributed by atoms with Gasteiger partial charge in [-0.1, -0.05) is 0 Å².